The number of anilines is 3. The molecule has 10 rings (SSSR count). The van der Waals surface area contributed by atoms with Crippen LogP contribution in [0.4, 0.5) is 31.3 Å². The van der Waals surface area contributed by atoms with Crippen LogP contribution in [0.5, 0.6) is 12.0 Å². The predicted octanol–water partition coefficient (Wildman–Crippen LogP) is 4.56. The number of halogens is 1. The first kappa shape index (κ1) is 49.2. The van der Waals surface area contributed by atoms with Crippen LogP contribution >= 0.6 is 0 Å². The Hall–Kier alpha value is -6.81. The number of nitrogens with zero attached hydrogens (tertiary/aromatic N) is 13. The lowest BCUT2D eigenvalue weighted by Gasteiger charge is -2.41. The third kappa shape index (κ3) is 10.9. The van der Waals surface area contributed by atoms with E-state index >= 15 is 0 Å². The lowest BCUT2D eigenvalue weighted by atomic mass is 10.0. The second kappa shape index (κ2) is 22.1. The maximum absolute atomic E-state index is 14.6. The van der Waals surface area contributed by atoms with Crippen molar-refractivity contribution in [2.45, 2.75) is 88.6 Å². The van der Waals surface area contributed by atoms with Gasteiger partial charge in [0, 0.05) is 92.0 Å². The summed E-state index contributed by atoms with van der Waals surface area (Å²) in [5, 5.41) is 42.5. The van der Waals surface area contributed by atoms with Crippen molar-refractivity contribution < 1.29 is 33.7 Å². The number of carboxylic acid groups (broad SMARTS) is 2. The third-order valence-electron chi connectivity index (χ3n) is 15.0. The first-order valence-corrected chi connectivity index (χ1v) is 24.8. The fourth-order valence-electron chi connectivity index (χ4n) is 11.0. The molecule has 0 saturated carbocycles. The molecule has 3 N–H and O–H groups in total. The zero-order valence-corrected chi connectivity index (χ0v) is 40.5. The summed E-state index contributed by atoms with van der Waals surface area (Å²) in [7, 11) is 4.21. The molecule has 4 aromatic rings. The van der Waals surface area contributed by atoms with Gasteiger partial charge in [0.2, 0.25) is 0 Å². The molecular weight excluding hydrogens is 912 g/mol. The fourth-order valence-corrected chi connectivity index (χ4v) is 11.0. The van der Waals surface area contributed by atoms with E-state index in [0.717, 1.165) is 90.5 Å². The number of hydrogen-bond acceptors (Lipinski definition) is 16. The molecule has 2 aromatic carbocycles. The van der Waals surface area contributed by atoms with Gasteiger partial charge in [0.05, 0.1) is 55.0 Å². The van der Waals surface area contributed by atoms with E-state index in [1.807, 2.05) is 24.3 Å². The number of nitriles is 2. The average Bonchev–Trinajstić information content (AvgIpc) is 4.00. The Labute approximate surface area is 413 Å². The number of nitrogens with one attached hydrogen (secondary N) is 1. The number of aromatic nitrogens is 4. The summed E-state index contributed by atoms with van der Waals surface area (Å²) < 4.78 is 26.8. The molecule has 4 saturated heterocycles. The molecule has 4 fully saturated rings. The van der Waals surface area contributed by atoms with E-state index in [2.05, 4.69) is 61.0 Å². The van der Waals surface area contributed by atoms with Gasteiger partial charge in [-0.2, -0.15) is 30.5 Å². The SMILES string of the molecule is CN1CCC[C@@H]1COc1nc2c(c(N3CCN(C(=O)O)[C@@H](CC#N)C3)n1)CCN(c1ccc(F)c3ccccc13)C2.CN1CCC[C@@H]1COc1nc2c(c(N3CCN(C(=O)O)[C@@H](CC#N)C3)n1)CCNC2. The highest BCUT2D eigenvalue weighted by atomic mass is 19.1. The van der Waals surface area contributed by atoms with Crippen LogP contribution in [0.15, 0.2) is 36.4 Å². The lowest BCUT2D eigenvalue weighted by Crippen LogP contribution is -2.55. The van der Waals surface area contributed by atoms with Crippen molar-refractivity contribution in [3.8, 4) is 24.2 Å². The highest BCUT2D eigenvalue weighted by Gasteiger charge is 2.36. The molecule has 71 heavy (non-hydrogen) atoms. The van der Waals surface area contributed by atoms with Crippen LogP contribution in [0.3, 0.4) is 0 Å². The Balaban J connectivity index is 0.000000185. The highest BCUT2D eigenvalue weighted by Crippen LogP contribution is 2.36. The van der Waals surface area contributed by atoms with Crippen LogP contribution in [0.25, 0.3) is 10.8 Å². The number of benzene rings is 2. The van der Waals surface area contributed by atoms with E-state index < -0.39 is 18.2 Å². The Bertz CT molecular complexity index is 2670. The Kier molecular flexibility index (Phi) is 15.3. The molecule has 376 valence electrons. The minimum atomic E-state index is -1.01. The minimum Gasteiger partial charge on any atom is -0.465 e. The van der Waals surface area contributed by atoms with Gasteiger partial charge in [-0.3, -0.25) is 0 Å². The Morgan fingerprint density at radius 3 is 1.77 bits per heavy atom. The number of fused-ring (bicyclic) bond motifs is 3. The normalized spacial score (nSPS) is 22.5. The van der Waals surface area contributed by atoms with Gasteiger partial charge in [-0.25, -0.2) is 14.0 Å². The van der Waals surface area contributed by atoms with Crippen molar-refractivity contribution >= 4 is 40.3 Å². The topological polar surface area (TPSA) is 227 Å². The molecular formula is C50H63FN14O6. The van der Waals surface area contributed by atoms with Crippen LogP contribution < -0.4 is 29.5 Å². The third-order valence-corrected chi connectivity index (χ3v) is 15.0. The highest BCUT2D eigenvalue weighted by molar-refractivity contribution is 5.94. The van der Waals surface area contributed by atoms with Gasteiger partial charge in [-0.1, -0.05) is 24.3 Å². The number of likely N-dealkylation sites (tertiary alicyclic amines) is 2. The smallest absolute Gasteiger partial charge is 0.407 e. The van der Waals surface area contributed by atoms with Gasteiger partial charge < -0.3 is 59.3 Å². The van der Waals surface area contributed by atoms with Gasteiger partial charge in [-0.05, 0) is 84.4 Å². The maximum atomic E-state index is 14.6. The molecule has 4 atom stereocenters. The summed E-state index contributed by atoms with van der Waals surface area (Å²) in [5.74, 6) is 1.33. The zero-order chi connectivity index (χ0) is 49.6. The summed E-state index contributed by atoms with van der Waals surface area (Å²) in [6.45, 7) is 8.37. The number of hydrogen-bond donors (Lipinski definition) is 3. The van der Waals surface area contributed by atoms with Crippen LogP contribution in [-0.2, 0) is 25.9 Å². The van der Waals surface area contributed by atoms with Gasteiger partial charge in [-0.15, -0.1) is 0 Å². The average molecular weight is 975 g/mol. The Morgan fingerprint density at radius 2 is 1.24 bits per heavy atom. The molecule has 0 unspecified atom stereocenters. The Morgan fingerprint density at radius 1 is 0.690 bits per heavy atom. The van der Waals surface area contributed by atoms with Gasteiger partial charge in [0.25, 0.3) is 0 Å². The number of rotatable bonds is 11. The molecule has 0 spiro atoms. The molecule has 6 aliphatic heterocycles. The van der Waals surface area contributed by atoms with E-state index in [9.17, 15) is 29.5 Å². The molecule has 6 aliphatic rings. The minimum absolute atomic E-state index is 0.110. The van der Waals surface area contributed by atoms with Gasteiger partial charge >= 0.3 is 24.2 Å². The summed E-state index contributed by atoms with van der Waals surface area (Å²) in [4.78, 5) is 56.2. The second-order valence-electron chi connectivity index (χ2n) is 19.3. The molecule has 0 bridgehead atoms. The van der Waals surface area contributed by atoms with E-state index in [0.29, 0.717) is 101 Å². The van der Waals surface area contributed by atoms with Crippen molar-refractivity contribution in [1.82, 2.24) is 44.9 Å². The summed E-state index contributed by atoms with van der Waals surface area (Å²) >= 11 is 0. The summed E-state index contributed by atoms with van der Waals surface area (Å²) in [6.07, 6.45) is 4.26. The summed E-state index contributed by atoms with van der Waals surface area (Å²) in [5.41, 5.74) is 4.85. The predicted molar refractivity (Wildman–Crippen MR) is 262 cm³/mol. The molecule has 0 aliphatic carbocycles. The van der Waals surface area contributed by atoms with Crippen molar-refractivity contribution in [1.29, 1.82) is 10.5 Å². The number of carbonyl (C=O) groups is 2. The quantitative estimate of drug-likeness (QED) is 0.187. The van der Waals surface area contributed by atoms with Crippen molar-refractivity contribution in [2.75, 3.05) is 107 Å². The van der Waals surface area contributed by atoms with E-state index in [1.54, 1.807) is 6.07 Å². The van der Waals surface area contributed by atoms with E-state index in [4.69, 9.17) is 29.7 Å². The van der Waals surface area contributed by atoms with Crippen molar-refractivity contribution in [3.63, 3.8) is 0 Å². The van der Waals surface area contributed by atoms with Crippen LogP contribution in [0.1, 0.15) is 61.0 Å². The monoisotopic (exact) mass is 975 g/mol. The molecule has 2 aromatic heterocycles. The van der Waals surface area contributed by atoms with Gasteiger partial charge in [0.1, 0.15) is 30.7 Å². The standard InChI is InChI=1S/C30H34FN7O3.C20H29N7O3/c1-35-13-4-5-21(35)19-41-29-33-26-18-36(27-9-8-25(31)22-6-2-3-7-23(22)27)14-11-24(26)28(34-29)37-15-16-38(30(39)40)20(17-37)10-12-32;1-25-8-2-3-15(25)13-30-19-23-17-11-22-7-5-16(17)18(24-19)26-9-10-27(20(28)29)14(12-26)4-6-21/h2-3,6-9,20-21H,4-5,10-11,13-19H2,1H3,(H,39,40);14-15,22H,2-5,7-13H2,1H3,(H,28,29)/t20-,21+;14-,15+/m00/s1. The first-order chi connectivity index (χ1) is 34.5. The largest absolute Gasteiger partial charge is 0.465 e. The second-order valence-corrected chi connectivity index (χ2v) is 19.3. The first-order valence-electron chi connectivity index (χ1n) is 24.8. The van der Waals surface area contributed by atoms with E-state index in [-0.39, 0.29) is 31.2 Å². The number of ether oxygens (including phenoxy) is 2. The fraction of sp³-hybridized carbons (Fsp3) is 0.560. The molecule has 2 amide bonds. The molecule has 20 nitrogen and oxygen atoms in total. The van der Waals surface area contributed by atoms with Crippen LogP contribution in [0, 0.1) is 28.5 Å². The maximum Gasteiger partial charge on any atom is 0.407 e. The molecule has 8 heterocycles. The van der Waals surface area contributed by atoms with Gasteiger partial charge in [0.15, 0.2) is 0 Å². The number of amides is 2. The van der Waals surface area contributed by atoms with E-state index in [1.165, 1.54) is 22.3 Å². The number of piperazine rings is 2. The molecule has 21 heteroatoms. The summed E-state index contributed by atoms with van der Waals surface area (Å²) in [6, 6.07) is 15.7. The zero-order valence-electron chi connectivity index (χ0n) is 40.5. The number of likely N-dealkylation sites (N-methyl/N-ethyl adjacent to an activating group) is 2. The van der Waals surface area contributed by atoms with Crippen LogP contribution in [0.2, 0.25) is 0 Å². The van der Waals surface area contributed by atoms with Crippen molar-refractivity contribution in [2.24, 2.45) is 0 Å². The molecule has 0 radical (unpaired) electrons. The van der Waals surface area contributed by atoms with Crippen molar-refractivity contribution in [3.05, 3.63) is 64.7 Å². The van der Waals surface area contributed by atoms with Crippen LogP contribution in [-0.4, -0.2) is 179 Å². The lowest BCUT2D eigenvalue weighted by molar-refractivity contribution is 0.118.